The zero-order valence-corrected chi connectivity index (χ0v) is 19.9. The van der Waals surface area contributed by atoms with Gasteiger partial charge < -0.3 is 5.73 Å². The summed E-state index contributed by atoms with van der Waals surface area (Å²) in [6.07, 6.45) is 11.5. The summed E-state index contributed by atoms with van der Waals surface area (Å²) in [7, 11) is 0. The first-order chi connectivity index (χ1) is 17.0. The largest absolute Gasteiger partial charge is 0.378 e. The van der Waals surface area contributed by atoms with Crippen LogP contribution in [0.1, 0.15) is 49.8 Å². The van der Waals surface area contributed by atoms with E-state index in [0.29, 0.717) is 4.91 Å². The highest BCUT2D eigenvalue weighted by Crippen LogP contribution is 2.61. The number of carbonyl (C=O) groups excluding carboxylic acids is 1. The molecule has 178 valence electrons. The first-order valence-electron chi connectivity index (χ1n) is 12.1. The van der Waals surface area contributed by atoms with Crippen LogP contribution in [0.15, 0.2) is 46.1 Å². The van der Waals surface area contributed by atoms with E-state index in [1.165, 1.54) is 38.5 Å². The average Bonchev–Trinajstić information content (AvgIpc) is 3.52. The van der Waals surface area contributed by atoms with Gasteiger partial charge in [-0.25, -0.2) is 14.2 Å². The fraction of sp³-hybridized carbons (Fsp3) is 0.400. The van der Waals surface area contributed by atoms with Crippen LogP contribution in [0, 0.1) is 23.2 Å². The average molecular weight is 488 g/mol. The number of nitrogen functional groups attached to an aromatic ring is 1. The number of nitrogens with zero attached hydrogens (tertiary/aromatic N) is 5. The minimum absolute atomic E-state index is 0.0175. The van der Waals surface area contributed by atoms with Crippen molar-refractivity contribution in [2.75, 3.05) is 10.6 Å². The van der Waals surface area contributed by atoms with Gasteiger partial charge in [0.05, 0.1) is 16.3 Å². The van der Waals surface area contributed by atoms with Gasteiger partial charge in [0, 0.05) is 17.2 Å². The molecule has 35 heavy (non-hydrogen) atoms. The molecular weight excluding hydrogens is 462 g/mol. The van der Waals surface area contributed by atoms with Crippen LogP contribution in [0.3, 0.4) is 0 Å². The summed E-state index contributed by atoms with van der Waals surface area (Å²) in [5.41, 5.74) is 8.89. The monoisotopic (exact) mass is 487 g/mol. The molecule has 10 heteroatoms. The van der Waals surface area contributed by atoms with Crippen molar-refractivity contribution in [3.63, 3.8) is 0 Å². The number of anilines is 2. The SMILES string of the molecule is N=C1S/C(=C/c2cn(-c3ccccc3)nc2C23CC4CC(CC(C4)C2)C3)C(=O)N1c1nonc1N. The van der Waals surface area contributed by atoms with Crippen molar-refractivity contribution in [2.45, 2.75) is 43.9 Å². The summed E-state index contributed by atoms with van der Waals surface area (Å²) in [5.74, 6) is 2.01. The molecule has 3 aromatic rings. The Balaban J connectivity index is 1.33. The number of hydrogen-bond acceptors (Lipinski definition) is 8. The Hall–Kier alpha value is -3.40. The molecule has 1 aromatic carbocycles. The zero-order chi connectivity index (χ0) is 23.7. The fourth-order valence-electron chi connectivity index (χ4n) is 7.19. The van der Waals surface area contributed by atoms with Crippen LogP contribution in [0.2, 0.25) is 0 Å². The number of amidine groups is 1. The number of nitrogens with one attached hydrogen (secondary N) is 1. The van der Waals surface area contributed by atoms with Crippen LogP contribution in [0.25, 0.3) is 11.8 Å². The first kappa shape index (κ1) is 20.9. The molecule has 0 spiro atoms. The molecule has 1 saturated heterocycles. The smallest absolute Gasteiger partial charge is 0.272 e. The van der Waals surface area contributed by atoms with Gasteiger partial charge in [0.15, 0.2) is 5.17 Å². The Morgan fingerprint density at radius 2 is 1.77 bits per heavy atom. The Labute approximate surface area is 206 Å². The third-order valence-corrected chi connectivity index (χ3v) is 9.01. The molecule has 0 radical (unpaired) electrons. The molecule has 5 aliphatic rings. The summed E-state index contributed by atoms with van der Waals surface area (Å²) in [6, 6.07) is 10.1. The van der Waals surface area contributed by atoms with Crippen molar-refractivity contribution in [3.05, 3.63) is 52.7 Å². The van der Waals surface area contributed by atoms with E-state index >= 15 is 0 Å². The topological polar surface area (TPSA) is 127 Å². The number of carbonyl (C=O) groups is 1. The standard InChI is InChI=1S/C25H25N7O2S/c26-21-22(30-34-29-21)32-23(33)19(35-24(32)27)9-17-13-31(18-4-2-1-3-5-18)28-20(17)25-10-14-6-15(11-25)8-16(7-14)12-25/h1-5,9,13-16,27H,6-8,10-12H2,(H2,26,29)/b19-9+,27-24?. The van der Waals surface area contributed by atoms with E-state index in [4.69, 9.17) is 16.2 Å². The number of para-hydroxylation sites is 1. The van der Waals surface area contributed by atoms with Crippen LogP contribution < -0.4 is 10.6 Å². The van der Waals surface area contributed by atoms with Gasteiger partial charge in [-0.3, -0.25) is 10.2 Å². The van der Waals surface area contributed by atoms with Crippen molar-refractivity contribution in [2.24, 2.45) is 17.8 Å². The van der Waals surface area contributed by atoms with Crippen molar-refractivity contribution in [1.82, 2.24) is 20.1 Å². The minimum Gasteiger partial charge on any atom is -0.378 e. The quantitative estimate of drug-likeness (QED) is 0.523. The number of aromatic nitrogens is 4. The number of hydrogen-bond donors (Lipinski definition) is 2. The van der Waals surface area contributed by atoms with E-state index in [1.54, 1.807) is 0 Å². The molecule has 4 aliphatic carbocycles. The molecule has 8 rings (SSSR count). The normalized spacial score (nSPS) is 30.7. The third-order valence-electron chi connectivity index (χ3n) is 8.12. The summed E-state index contributed by atoms with van der Waals surface area (Å²) in [6.45, 7) is 0. The molecule has 1 amide bonds. The predicted octanol–water partition coefficient (Wildman–Crippen LogP) is 4.36. The van der Waals surface area contributed by atoms with Crippen LogP contribution in [0.5, 0.6) is 0 Å². The van der Waals surface area contributed by atoms with Gasteiger partial charge >= 0.3 is 0 Å². The molecule has 3 N–H and O–H groups in total. The van der Waals surface area contributed by atoms with Gasteiger partial charge in [-0.05, 0) is 96.6 Å². The van der Waals surface area contributed by atoms with E-state index in [-0.39, 0.29) is 28.1 Å². The van der Waals surface area contributed by atoms with Crippen LogP contribution in [0.4, 0.5) is 11.6 Å². The van der Waals surface area contributed by atoms with Crippen molar-refractivity contribution < 1.29 is 9.42 Å². The molecule has 2 aromatic heterocycles. The van der Waals surface area contributed by atoms with Crippen LogP contribution >= 0.6 is 11.8 Å². The van der Waals surface area contributed by atoms with Gasteiger partial charge in [-0.2, -0.15) is 5.10 Å². The number of nitrogens with two attached hydrogens (primary N) is 1. The lowest BCUT2D eigenvalue weighted by Gasteiger charge is -2.56. The van der Waals surface area contributed by atoms with Crippen molar-refractivity contribution >= 4 is 40.5 Å². The maximum absolute atomic E-state index is 13.3. The lowest BCUT2D eigenvalue weighted by atomic mass is 9.48. The van der Waals surface area contributed by atoms with Crippen LogP contribution in [-0.4, -0.2) is 31.2 Å². The van der Waals surface area contributed by atoms with E-state index in [1.807, 2.05) is 47.3 Å². The Morgan fingerprint density at radius 1 is 1.09 bits per heavy atom. The molecule has 5 fully saturated rings. The lowest BCUT2D eigenvalue weighted by Crippen LogP contribution is -2.49. The van der Waals surface area contributed by atoms with Gasteiger partial charge in [-0.1, -0.05) is 18.2 Å². The first-order valence-corrected chi connectivity index (χ1v) is 12.9. The lowest BCUT2D eigenvalue weighted by molar-refractivity contribution is -0.113. The molecular formula is C25H25N7O2S. The summed E-state index contributed by atoms with van der Waals surface area (Å²) in [5, 5.41) is 20.8. The highest BCUT2D eigenvalue weighted by molar-refractivity contribution is 8.19. The van der Waals surface area contributed by atoms with E-state index in [0.717, 1.165) is 51.4 Å². The van der Waals surface area contributed by atoms with Gasteiger partial charge in [0.2, 0.25) is 11.6 Å². The van der Waals surface area contributed by atoms with Crippen LogP contribution in [-0.2, 0) is 10.2 Å². The van der Waals surface area contributed by atoms with Gasteiger partial charge in [0.25, 0.3) is 5.91 Å². The molecule has 4 bridgehead atoms. The summed E-state index contributed by atoms with van der Waals surface area (Å²) >= 11 is 1.09. The third kappa shape index (κ3) is 3.26. The molecule has 0 atom stereocenters. The van der Waals surface area contributed by atoms with Gasteiger partial charge in [-0.15, -0.1) is 0 Å². The predicted molar refractivity (Wildman–Crippen MR) is 133 cm³/mol. The minimum atomic E-state index is -0.355. The molecule has 0 unspecified atom stereocenters. The highest BCUT2D eigenvalue weighted by atomic mass is 32.2. The van der Waals surface area contributed by atoms with E-state index < -0.39 is 0 Å². The summed E-state index contributed by atoms with van der Waals surface area (Å²) in [4.78, 5) is 14.9. The second-order valence-electron chi connectivity index (χ2n) is 10.4. The molecule has 3 heterocycles. The second kappa shape index (κ2) is 7.55. The Bertz CT molecular complexity index is 1340. The van der Waals surface area contributed by atoms with E-state index in [2.05, 4.69) is 14.9 Å². The van der Waals surface area contributed by atoms with Crippen molar-refractivity contribution in [1.29, 1.82) is 5.41 Å². The number of amides is 1. The molecule has 9 nitrogen and oxygen atoms in total. The van der Waals surface area contributed by atoms with E-state index in [9.17, 15) is 4.79 Å². The zero-order valence-electron chi connectivity index (χ0n) is 19.1. The summed E-state index contributed by atoms with van der Waals surface area (Å²) < 4.78 is 6.60. The fourth-order valence-corrected chi connectivity index (χ4v) is 8.02. The maximum Gasteiger partial charge on any atom is 0.272 e. The number of benzene rings is 1. The second-order valence-corrected chi connectivity index (χ2v) is 11.5. The highest BCUT2D eigenvalue weighted by Gasteiger charge is 2.53. The van der Waals surface area contributed by atoms with Gasteiger partial charge in [0.1, 0.15) is 0 Å². The molecule has 4 saturated carbocycles. The number of rotatable bonds is 4. The Morgan fingerprint density at radius 3 is 2.40 bits per heavy atom. The number of thioether (sulfide) groups is 1. The van der Waals surface area contributed by atoms with Crippen molar-refractivity contribution in [3.8, 4) is 5.69 Å². The molecule has 1 aliphatic heterocycles. The Kier molecular flexibility index (Phi) is 4.51. The maximum atomic E-state index is 13.3.